The Morgan fingerprint density at radius 2 is 1.65 bits per heavy atom. The van der Waals surface area contributed by atoms with Crippen molar-refractivity contribution in [3.63, 3.8) is 0 Å². The molecule has 1 aromatic rings. The van der Waals surface area contributed by atoms with Crippen molar-refractivity contribution >= 4 is 29.6 Å². The Morgan fingerprint density at radius 3 is 2.30 bits per heavy atom. The Kier molecular flexibility index (Phi) is 11.7. The number of rotatable bonds is 17. The van der Waals surface area contributed by atoms with Crippen LogP contribution in [0.25, 0.3) is 11.8 Å². The third-order valence-corrected chi connectivity index (χ3v) is 5.76. The number of fused-ring (bicyclic) bond motifs is 1. The predicted molar refractivity (Wildman–Crippen MR) is 130 cm³/mol. The summed E-state index contributed by atoms with van der Waals surface area (Å²) in [5.74, 6) is -1.74. The molecular formula is C24H34N4O9. The van der Waals surface area contributed by atoms with Gasteiger partial charge in [0.15, 0.2) is 0 Å². The molecule has 13 nitrogen and oxygen atoms in total. The number of carboxylic acid groups (broad SMARTS) is 1. The number of nitrogens with one attached hydrogen (secondary N) is 2. The predicted octanol–water partition coefficient (Wildman–Crippen LogP) is -1.97. The Hall–Kier alpha value is -3.13. The van der Waals surface area contributed by atoms with Crippen LogP contribution < -0.4 is 26.6 Å². The van der Waals surface area contributed by atoms with Gasteiger partial charge in [-0.15, -0.1) is 0 Å². The van der Waals surface area contributed by atoms with Crippen LogP contribution in [0.5, 0.6) is 0 Å². The SMILES string of the molecule is O=C(O)CCOCCOCCOCCOCCNC1=c2c(cnn(C3CCC(=O)NC3=O)c2=O)=CCC1. The molecule has 0 bridgehead atoms. The van der Waals surface area contributed by atoms with Crippen LogP contribution in [0.4, 0.5) is 0 Å². The summed E-state index contributed by atoms with van der Waals surface area (Å²) in [6, 6.07) is -0.801. The molecule has 1 aromatic heterocycles. The zero-order valence-electron chi connectivity index (χ0n) is 20.7. The van der Waals surface area contributed by atoms with Crippen LogP contribution in [-0.4, -0.2) is 92.1 Å². The maximum absolute atomic E-state index is 13.2. The number of carboxylic acids is 1. The van der Waals surface area contributed by atoms with Crippen LogP contribution >= 0.6 is 0 Å². The number of nitrogens with zero attached hydrogens (tertiary/aromatic N) is 2. The molecule has 3 N–H and O–H groups in total. The molecule has 13 heteroatoms. The van der Waals surface area contributed by atoms with Crippen LogP contribution in [0, 0.1) is 0 Å². The zero-order chi connectivity index (χ0) is 26.5. The highest BCUT2D eigenvalue weighted by atomic mass is 16.6. The van der Waals surface area contributed by atoms with E-state index in [9.17, 15) is 19.2 Å². The lowest BCUT2D eigenvalue weighted by Crippen LogP contribution is -2.54. The van der Waals surface area contributed by atoms with E-state index in [-0.39, 0.29) is 37.3 Å². The summed E-state index contributed by atoms with van der Waals surface area (Å²) in [5, 5.41) is 19.5. The van der Waals surface area contributed by atoms with E-state index in [0.29, 0.717) is 64.4 Å². The molecule has 2 heterocycles. The molecule has 1 saturated heterocycles. The van der Waals surface area contributed by atoms with Gasteiger partial charge in [0.25, 0.3) is 11.5 Å². The molecule has 2 aliphatic rings. The zero-order valence-corrected chi connectivity index (χ0v) is 20.7. The number of carbonyl (C=O) groups is 3. The minimum absolute atomic E-state index is 0.0222. The van der Waals surface area contributed by atoms with Gasteiger partial charge < -0.3 is 29.4 Å². The van der Waals surface area contributed by atoms with Crippen LogP contribution in [0.15, 0.2) is 11.0 Å². The number of hydrogen-bond acceptors (Lipinski definition) is 10. The summed E-state index contributed by atoms with van der Waals surface area (Å²) in [4.78, 5) is 47.2. The molecule has 1 fully saturated rings. The third kappa shape index (κ3) is 9.04. The van der Waals surface area contributed by atoms with Crippen molar-refractivity contribution < 1.29 is 38.4 Å². The molecule has 204 valence electrons. The molecule has 1 atom stereocenters. The number of aliphatic carboxylic acids is 1. The molecule has 37 heavy (non-hydrogen) atoms. The van der Waals surface area contributed by atoms with Crippen molar-refractivity contribution in [2.45, 2.75) is 38.1 Å². The molecule has 1 unspecified atom stereocenters. The minimum atomic E-state index is -0.891. The van der Waals surface area contributed by atoms with Gasteiger partial charge in [-0.25, -0.2) is 4.68 Å². The summed E-state index contributed by atoms with van der Waals surface area (Å²) < 4.78 is 22.6. The molecule has 1 aliphatic heterocycles. The van der Waals surface area contributed by atoms with Crippen molar-refractivity contribution in [3.8, 4) is 0 Å². The molecule has 1 aliphatic carbocycles. The van der Waals surface area contributed by atoms with Gasteiger partial charge >= 0.3 is 5.97 Å². The van der Waals surface area contributed by atoms with Gasteiger partial charge in [-0.3, -0.25) is 24.5 Å². The molecule has 3 rings (SSSR count). The monoisotopic (exact) mass is 522 g/mol. The van der Waals surface area contributed by atoms with Crippen molar-refractivity contribution in [1.29, 1.82) is 0 Å². The van der Waals surface area contributed by atoms with E-state index in [1.807, 2.05) is 6.08 Å². The summed E-state index contributed by atoms with van der Waals surface area (Å²) in [6.45, 7) is 3.44. The molecule has 0 aromatic carbocycles. The highest BCUT2D eigenvalue weighted by Gasteiger charge is 2.30. The van der Waals surface area contributed by atoms with Gasteiger partial charge in [-0.1, -0.05) is 6.08 Å². The number of aromatic nitrogens is 2. The fourth-order valence-electron chi connectivity index (χ4n) is 3.94. The van der Waals surface area contributed by atoms with Gasteiger partial charge in [0, 0.05) is 23.9 Å². The fourth-order valence-corrected chi connectivity index (χ4v) is 3.94. The maximum atomic E-state index is 13.2. The van der Waals surface area contributed by atoms with Crippen LogP contribution in [0.1, 0.15) is 38.1 Å². The number of piperidine rings is 1. The second-order valence-corrected chi connectivity index (χ2v) is 8.43. The number of amides is 2. The highest BCUT2D eigenvalue weighted by molar-refractivity contribution is 5.99. The van der Waals surface area contributed by atoms with Crippen molar-refractivity contribution in [3.05, 3.63) is 27.0 Å². The first kappa shape index (κ1) is 28.4. The lowest BCUT2D eigenvalue weighted by atomic mass is 10.0. The van der Waals surface area contributed by atoms with Gasteiger partial charge in [-0.2, -0.15) is 5.10 Å². The van der Waals surface area contributed by atoms with Crippen LogP contribution in [-0.2, 0) is 33.3 Å². The number of ether oxygens (including phenoxy) is 4. The first-order valence-electron chi connectivity index (χ1n) is 12.4. The highest BCUT2D eigenvalue weighted by Crippen LogP contribution is 2.14. The topological polar surface area (TPSA) is 167 Å². The second-order valence-electron chi connectivity index (χ2n) is 8.43. The Balaban J connectivity index is 1.35. The molecule has 0 radical (unpaired) electrons. The van der Waals surface area contributed by atoms with Gasteiger partial charge in [-0.05, 0) is 19.3 Å². The van der Waals surface area contributed by atoms with E-state index in [1.165, 1.54) is 4.68 Å². The van der Waals surface area contributed by atoms with Crippen molar-refractivity contribution in [2.24, 2.45) is 0 Å². The average Bonchev–Trinajstić information content (AvgIpc) is 2.87. The Bertz CT molecular complexity index is 1120. The maximum Gasteiger partial charge on any atom is 0.305 e. The minimum Gasteiger partial charge on any atom is -0.481 e. The van der Waals surface area contributed by atoms with E-state index in [1.54, 1.807) is 6.20 Å². The number of carbonyl (C=O) groups excluding carboxylic acids is 2. The van der Waals surface area contributed by atoms with E-state index in [4.69, 9.17) is 24.1 Å². The van der Waals surface area contributed by atoms with E-state index in [2.05, 4.69) is 15.7 Å². The van der Waals surface area contributed by atoms with Crippen molar-refractivity contribution in [1.82, 2.24) is 20.4 Å². The summed E-state index contributed by atoms with van der Waals surface area (Å²) in [6.07, 6.45) is 5.36. The first-order valence-corrected chi connectivity index (χ1v) is 12.4. The molecule has 2 amide bonds. The Labute approximate surface area is 213 Å². The average molecular weight is 523 g/mol. The summed E-state index contributed by atoms with van der Waals surface area (Å²) >= 11 is 0. The third-order valence-electron chi connectivity index (χ3n) is 5.76. The molecule has 0 spiro atoms. The van der Waals surface area contributed by atoms with Gasteiger partial charge in [0.1, 0.15) is 6.04 Å². The van der Waals surface area contributed by atoms with Crippen LogP contribution in [0.3, 0.4) is 0 Å². The molecule has 0 saturated carbocycles. The standard InChI is InChI=1S/C24H34N4O9/c29-20-5-4-19(23(32)27-20)28-24(33)22-17(16-26-28)2-1-3-18(22)25-7-9-35-11-13-37-15-14-36-12-10-34-8-6-21(30)31/h2,16,19,25H,1,3-15H2,(H,30,31)(H,27,29,32). The smallest absolute Gasteiger partial charge is 0.305 e. The van der Waals surface area contributed by atoms with Crippen molar-refractivity contribution in [2.75, 3.05) is 59.4 Å². The van der Waals surface area contributed by atoms with Gasteiger partial charge in [0.2, 0.25) is 5.91 Å². The second kappa shape index (κ2) is 15.2. The lowest BCUT2D eigenvalue weighted by molar-refractivity contribution is -0.138. The summed E-state index contributed by atoms with van der Waals surface area (Å²) in [7, 11) is 0. The van der Waals surface area contributed by atoms with Crippen LogP contribution in [0.2, 0.25) is 0 Å². The first-order chi connectivity index (χ1) is 18.0. The van der Waals surface area contributed by atoms with E-state index in [0.717, 1.165) is 17.3 Å². The largest absolute Gasteiger partial charge is 0.481 e. The lowest BCUT2D eigenvalue weighted by Gasteiger charge is -2.22. The number of imide groups is 1. The quantitative estimate of drug-likeness (QED) is 0.153. The van der Waals surface area contributed by atoms with E-state index >= 15 is 0 Å². The fraction of sp³-hybridized carbons (Fsp3) is 0.625. The normalized spacial score (nSPS) is 17.2. The molecular weight excluding hydrogens is 488 g/mol. The van der Waals surface area contributed by atoms with Gasteiger partial charge in [0.05, 0.1) is 70.7 Å². The number of hydrogen-bond donors (Lipinski definition) is 3. The Morgan fingerprint density at radius 1 is 1.00 bits per heavy atom. The van der Waals surface area contributed by atoms with E-state index < -0.39 is 17.9 Å². The summed E-state index contributed by atoms with van der Waals surface area (Å²) in [5.41, 5.74) is 0.434.